The van der Waals surface area contributed by atoms with Gasteiger partial charge in [-0.2, -0.15) is 0 Å². The Morgan fingerprint density at radius 3 is 2.30 bits per heavy atom. The third-order valence-corrected chi connectivity index (χ3v) is 3.42. The van der Waals surface area contributed by atoms with E-state index in [9.17, 15) is 0 Å². The van der Waals surface area contributed by atoms with Gasteiger partial charge in [0.25, 0.3) is 0 Å². The minimum Gasteiger partial charge on any atom is -0.384 e. The van der Waals surface area contributed by atoms with Crippen LogP contribution in [0.5, 0.6) is 0 Å². The maximum absolute atomic E-state index is 7.38. The van der Waals surface area contributed by atoms with Crippen molar-refractivity contribution in [1.29, 1.82) is 5.41 Å². The summed E-state index contributed by atoms with van der Waals surface area (Å²) in [6, 6.07) is 18.4. The number of hydrogen-bond donors (Lipinski definition) is 2. The normalized spacial score (nSPS) is 10.2. The fraction of sp³-hybridized carbons (Fsp3) is 0.235. The average molecular weight is 267 g/mol. The van der Waals surface area contributed by atoms with Gasteiger partial charge in [-0.25, -0.2) is 0 Å². The number of nitrogens with one attached hydrogen (secondary N) is 1. The lowest BCUT2D eigenvalue weighted by Crippen LogP contribution is -2.19. The summed E-state index contributed by atoms with van der Waals surface area (Å²) in [6.07, 6.45) is 2.21. The minimum atomic E-state index is 0.114. The van der Waals surface area contributed by atoms with Crippen molar-refractivity contribution in [1.82, 2.24) is 0 Å². The molecule has 0 aliphatic carbocycles. The van der Waals surface area contributed by atoms with Crippen LogP contribution in [0.3, 0.4) is 0 Å². The predicted molar refractivity (Wildman–Crippen MR) is 85.5 cm³/mol. The molecule has 0 heterocycles. The highest BCUT2D eigenvalue weighted by Crippen LogP contribution is 2.14. The number of aryl methyl sites for hydroxylation is 1. The monoisotopic (exact) mass is 267 g/mol. The highest BCUT2D eigenvalue weighted by Gasteiger charge is 2.02. The summed E-state index contributed by atoms with van der Waals surface area (Å²) in [5.74, 6) is 0.114. The van der Waals surface area contributed by atoms with Gasteiger partial charge in [0, 0.05) is 24.8 Å². The molecular weight excluding hydrogens is 246 g/mol. The second-order valence-electron chi connectivity index (χ2n) is 4.97. The van der Waals surface area contributed by atoms with Crippen molar-refractivity contribution < 1.29 is 0 Å². The third kappa shape index (κ3) is 3.85. The molecule has 2 aromatic rings. The van der Waals surface area contributed by atoms with E-state index in [1.54, 1.807) is 0 Å². The van der Waals surface area contributed by atoms with Crippen molar-refractivity contribution >= 4 is 11.5 Å². The summed E-state index contributed by atoms with van der Waals surface area (Å²) < 4.78 is 0. The molecule has 0 amide bonds. The van der Waals surface area contributed by atoms with Crippen LogP contribution < -0.4 is 10.6 Å². The van der Waals surface area contributed by atoms with Crippen LogP contribution in [-0.2, 0) is 6.42 Å². The highest BCUT2D eigenvalue weighted by atomic mass is 15.1. The Kier molecular flexibility index (Phi) is 4.77. The van der Waals surface area contributed by atoms with Crippen LogP contribution in [0.15, 0.2) is 54.6 Å². The molecule has 20 heavy (non-hydrogen) atoms. The maximum Gasteiger partial charge on any atom is 0.122 e. The first-order valence-corrected chi connectivity index (χ1v) is 6.86. The van der Waals surface area contributed by atoms with E-state index in [0.29, 0.717) is 0 Å². The van der Waals surface area contributed by atoms with E-state index < -0.39 is 0 Å². The highest BCUT2D eigenvalue weighted by molar-refractivity contribution is 5.95. The maximum atomic E-state index is 7.38. The lowest BCUT2D eigenvalue weighted by atomic mass is 10.1. The van der Waals surface area contributed by atoms with Crippen molar-refractivity contribution in [2.75, 3.05) is 18.5 Å². The van der Waals surface area contributed by atoms with E-state index in [1.165, 1.54) is 5.56 Å². The van der Waals surface area contributed by atoms with Crippen molar-refractivity contribution in [3.63, 3.8) is 0 Å². The zero-order valence-electron chi connectivity index (χ0n) is 11.8. The number of amidine groups is 1. The Hall–Kier alpha value is -2.29. The van der Waals surface area contributed by atoms with Gasteiger partial charge in [0.15, 0.2) is 0 Å². The third-order valence-electron chi connectivity index (χ3n) is 3.42. The van der Waals surface area contributed by atoms with E-state index >= 15 is 0 Å². The molecule has 0 aliphatic rings. The van der Waals surface area contributed by atoms with Gasteiger partial charge in [-0.1, -0.05) is 30.3 Å². The number of rotatable bonds is 6. The van der Waals surface area contributed by atoms with Crippen LogP contribution in [0.4, 0.5) is 5.69 Å². The van der Waals surface area contributed by atoms with E-state index in [0.717, 1.165) is 30.6 Å². The Balaban J connectivity index is 1.85. The molecule has 0 radical (unpaired) electrons. The second kappa shape index (κ2) is 6.75. The van der Waals surface area contributed by atoms with Gasteiger partial charge < -0.3 is 10.6 Å². The topological polar surface area (TPSA) is 53.1 Å². The van der Waals surface area contributed by atoms with Gasteiger partial charge in [-0.15, -0.1) is 0 Å². The van der Waals surface area contributed by atoms with Crippen LogP contribution >= 0.6 is 0 Å². The molecule has 0 saturated carbocycles. The summed E-state index contributed by atoms with van der Waals surface area (Å²) in [5, 5.41) is 7.38. The molecule has 2 rings (SSSR count). The second-order valence-corrected chi connectivity index (χ2v) is 4.97. The summed E-state index contributed by atoms with van der Waals surface area (Å²) >= 11 is 0. The number of benzene rings is 2. The first kappa shape index (κ1) is 14.1. The smallest absolute Gasteiger partial charge is 0.122 e. The van der Waals surface area contributed by atoms with E-state index in [-0.39, 0.29) is 5.84 Å². The lowest BCUT2D eigenvalue weighted by molar-refractivity contribution is 0.786. The average Bonchev–Trinajstić information content (AvgIpc) is 2.48. The zero-order valence-corrected chi connectivity index (χ0v) is 11.8. The Labute approximate surface area is 120 Å². The predicted octanol–water partition coefficient (Wildman–Crippen LogP) is 3.04. The number of anilines is 1. The molecule has 0 spiro atoms. The van der Waals surface area contributed by atoms with Crippen molar-refractivity contribution in [3.8, 4) is 0 Å². The summed E-state index contributed by atoms with van der Waals surface area (Å²) in [7, 11) is 2.09. The Morgan fingerprint density at radius 2 is 1.70 bits per heavy atom. The summed E-state index contributed by atoms with van der Waals surface area (Å²) in [5.41, 5.74) is 8.76. The number of nitrogen functional groups attached to an aromatic ring is 1. The molecule has 3 nitrogen and oxygen atoms in total. The van der Waals surface area contributed by atoms with Crippen molar-refractivity contribution in [3.05, 3.63) is 65.7 Å². The van der Waals surface area contributed by atoms with Gasteiger partial charge in [0.05, 0.1) is 0 Å². The lowest BCUT2D eigenvalue weighted by Gasteiger charge is -2.19. The zero-order chi connectivity index (χ0) is 14.4. The number of hydrogen-bond acceptors (Lipinski definition) is 2. The molecule has 0 aromatic heterocycles. The molecule has 0 unspecified atom stereocenters. The van der Waals surface area contributed by atoms with Gasteiger partial charge in [0.1, 0.15) is 5.84 Å². The van der Waals surface area contributed by atoms with Crippen LogP contribution in [0, 0.1) is 5.41 Å². The van der Waals surface area contributed by atoms with Crippen LogP contribution in [0.25, 0.3) is 0 Å². The van der Waals surface area contributed by atoms with Gasteiger partial charge >= 0.3 is 0 Å². The number of nitrogens with two attached hydrogens (primary N) is 1. The van der Waals surface area contributed by atoms with Gasteiger partial charge in [0.2, 0.25) is 0 Å². The van der Waals surface area contributed by atoms with Gasteiger partial charge in [-0.05, 0) is 42.7 Å². The van der Waals surface area contributed by atoms with E-state index in [1.807, 2.05) is 30.3 Å². The van der Waals surface area contributed by atoms with E-state index in [4.69, 9.17) is 11.1 Å². The van der Waals surface area contributed by atoms with Crippen molar-refractivity contribution in [2.45, 2.75) is 12.8 Å². The van der Waals surface area contributed by atoms with Crippen LogP contribution in [0.2, 0.25) is 0 Å². The van der Waals surface area contributed by atoms with Gasteiger partial charge in [-0.3, -0.25) is 5.41 Å². The Bertz CT molecular complexity index is 546. The molecule has 0 saturated heterocycles. The van der Waals surface area contributed by atoms with Crippen LogP contribution in [-0.4, -0.2) is 19.4 Å². The molecule has 104 valence electrons. The molecule has 0 bridgehead atoms. The Morgan fingerprint density at radius 1 is 1.05 bits per heavy atom. The summed E-state index contributed by atoms with van der Waals surface area (Å²) in [4.78, 5) is 2.23. The molecule has 0 aliphatic heterocycles. The molecule has 0 atom stereocenters. The fourth-order valence-electron chi connectivity index (χ4n) is 2.19. The largest absolute Gasteiger partial charge is 0.384 e. The molecule has 3 N–H and O–H groups in total. The van der Waals surface area contributed by atoms with E-state index in [2.05, 4.69) is 36.2 Å². The standard InChI is InChI=1S/C17H21N3/c1-20(13-5-8-14-6-3-2-4-7-14)16-11-9-15(10-12-16)17(18)19/h2-4,6-7,9-12H,5,8,13H2,1H3,(H3,18,19). The molecule has 3 heteroatoms. The number of nitrogens with zero attached hydrogens (tertiary/aromatic N) is 1. The first-order valence-electron chi connectivity index (χ1n) is 6.86. The van der Waals surface area contributed by atoms with Crippen molar-refractivity contribution in [2.24, 2.45) is 5.73 Å². The molecular formula is C17H21N3. The molecule has 2 aromatic carbocycles. The van der Waals surface area contributed by atoms with Crippen LogP contribution in [0.1, 0.15) is 17.5 Å². The SMILES string of the molecule is CN(CCCc1ccccc1)c1ccc(C(=N)N)cc1. The fourth-order valence-corrected chi connectivity index (χ4v) is 2.19. The minimum absolute atomic E-state index is 0.114. The first-order chi connectivity index (χ1) is 9.66. The molecule has 0 fully saturated rings. The summed E-state index contributed by atoms with van der Waals surface area (Å²) in [6.45, 7) is 1.01. The quantitative estimate of drug-likeness (QED) is 0.624.